The Hall–Kier alpha value is -1.14. The van der Waals surface area contributed by atoms with E-state index in [-0.39, 0.29) is 5.41 Å². The van der Waals surface area contributed by atoms with Gasteiger partial charge >= 0.3 is 0 Å². The number of nitrogens with one attached hydrogen (secondary N) is 1. The van der Waals surface area contributed by atoms with Gasteiger partial charge in [-0.2, -0.15) is 4.98 Å². The molecule has 0 amide bonds. The monoisotopic (exact) mass is 293 g/mol. The molecule has 6 heteroatoms. The van der Waals surface area contributed by atoms with Gasteiger partial charge in [0.1, 0.15) is 0 Å². The third-order valence-electron chi connectivity index (χ3n) is 5.07. The molecule has 0 aliphatic carbocycles. The van der Waals surface area contributed by atoms with Crippen LogP contribution in [0.1, 0.15) is 32.6 Å². The minimum absolute atomic E-state index is 0.0642. The van der Waals surface area contributed by atoms with Gasteiger partial charge in [0, 0.05) is 31.6 Å². The Morgan fingerprint density at radius 2 is 2.00 bits per heavy atom. The van der Waals surface area contributed by atoms with Gasteiger partial charge in [0.15, 0.2) is 0 Å². The summed E-state index contributed by atoms with van der Waals surface area (Å²) in [4.78, 5) is 9.26. The first kappa shape index (κ1) is 14.8. The summed E-state index contributed by atoms with van der Waals surface area (Å²) in [6, 6.07) is 0. The summed E-state index contributed by atoms with van der Waals surface area (Å²) in [5.41, 5.74) is -0.0642. The van der Waals surface area contributed by atoms with Crippen molar-refractivity contribution < 1.29 is 4.52 Å². The highest BCUT2D eigenvalue weighted by molar-refractivity contribution is 5.29. The van der Waals surface area contributed by atoms with Crippen molar-refractivity contribution in [3.63, 3.8) is 0 Å². The summed E-state index contributed by atoms with van der Waals surface area (Å²) in [6.07, 6.45) is 2.46. The van der Waals surface area contributed by atoms with Crippen LogP contribution in [0.4, 0.5) is 5.95 Å². The molecular formula is C15H27N5O. The SMILES string of the molecule is CN1CCN(c2noc(C(C)(C)C3CCCNC3)n2)CC1. The summed E-state index contributed by atoms with van der Waals surface area (Å²) in [6.45, 7) is 10.7. The fourth-order valence-electron chi connectivity index (χ4n) is 3.25. The van der Waals surface area contributed by atoms with Gasteiger partial charge in [-0.3, -0.25) is 0 Å². The van der Waals surface area contributed by atoms with Crippen LogP contribution >= 0.6 is 0 Å². The lowest BCUT2D eigenvalue weighted by Crippen LogP contribution is -2.45. The van der Waals surface area contributed by atoms with Gasteiger partial charge in [-0.25, -0.2) is 0 Å². The van der Waals surface area contributed by atoms with Gasteiger partial charge in [0.2, 0.25) is 5.89 Å². The maximum Gasteiger partial charge on any atom is 0.266 e. The Kier molecular flexibility index (Phi) is 4.17. The molecule has 3 rings (SSSR count). The second kappa shape index (κ2) is 5.93. The molecule has 0 aromatic carbocycles. The molecule has 2 fully saturated rings. The third-order valence-corrected chi connectivity index (χ3v) is 5.07. The van der Waals surface area contributed by atoms with Crippen LogP contribution in [0.5, 0.6) is 0 Å². The zero-order chi connectivity index (χ0) is 14.9. The third kappa shape index (κ3) is 3.06. The molecule has 1 N–H and O–H groups in total. The van der Waals surface area contributed by atoms with E-state index in [9.17, 15) is 0 Å². The zero-order valence-corrected chi connectivity index (χ0v) is 13.4. The average Bonchev–Trinajstić information content (AvgIpc) is 2.99. The van der Waals surface area contributed by atoms with Gasteiger partial charge in [-0.15, -0.1) is 0 Å². The molecule has 2 aliphatic heterocycles. The molecule has 1 atom stereocenters. The molecule has 2 saturated heterocycles. The van der Waals surface area contributed by atoms with Gasteiger partial charge in [-0.05, 0) is 44.1 Å². The van der Waals surface area contributed by atoms with Crippen LogP contribution in [0.25, 0.3) is 0 Å². The first-order chi connectivity index (χ1) is 10.1. The summed E-state index contributed by atoms with van der Waals surface area (Å²) in [5, 5.41) is 7.71. The maximum atomic E-state index is 5.62. The molecule has 3 heterocycles. The molecule has 0 saturated carbocycles. The molecule has 0 spiro atoms. The molecule has 0 bridgehead atoms. The molecular weight excluding hydrogens is 266 g/mol. The van der Waals surface area contributed by atoms with Gasteiger partial charge < -0.3 is 19.6 Å². The Balaban J connectivity index is 1.71. The van der Waals surface area contributed by atoms with Crippen LogP contribution in [0.15, 0.2) is 4.52 Å². The number of anilines is 1. The smallest absolute Gasteiger partial charge is 0.266 e. The number of hydrogen-bond acceptors (Lipinski definition) is 6. The number of likely N-dealkylation sites (N-methyl/N-ethyl adjacent to an activating group) is 1. The van der Waals surface area contributed by atoms with E-state index >= 15 is 0 Å². The largest absolute Gasteiger partial charge is 0.337 e. The van der Waals surface area contributed by atoms with Crippen molar-refractivity contribution in [3.05, 3.63) is 5.89 Å². The average molecular weight is 293 g/mol. The normalized spacial score (nSPS) is 25.3. The lowest BCUT2D eigenvalue weighted by atomic mass is 9.75. The number of piperazine rings is 1. The lowest BCUT2D eigenvalue weighted by molar-refractivity contribution is 0.196. The summed E-state index contributed by atoms with van der Waals surface area (Å²) < 4.78 is 5.62. The predicted octanol–water partition coefficient (Wildman–Crippen LogP) is 1.10. The van der Waals surface area contributed by atoms with Crippen molar-refractivity contribution in [3.8, 4) is 0 Å². The molecule has 1 unspecified atom stereocenters. The van der Waals surface area contributed by atoms with Crippen molar-refractivity contribution in [2.24, 2.45) is 5.92 Å². The standard InChI is InChI=1S/C15H27N5O/c1-15(2,12-5-4-6-16-11-12)13-17-14(18-21-13)20-9-7-19(3)8-10-20/h12,16H,4-11H2,1-3H3. The Bertz CT molecular complexity index is 458. The summed E-state index contributed by atoms with van der Waals surface area (Å²) in [7, 11) is 2.15. The van der Waals surface area contributed by atoms with Gasteiger partial charge in [0.05, 0.1) is 0 Å². The minimum atomic E-state index is -0.0642. The first-order valence-corrected chi connectivity index (χ1v) is 8.06. The van der Waals surface area contributed by atoms with Crippen molar-refractivity contribution >= 4 is 5.95 Å². The van der Waals surface area contributed by atoms with E-state index in [1.165, 1.54) is 12.8 Å². The van der Waals surface area contributed by atoms with Crippen LogP contribution in [-0.2, 0) is 5.41 Å². The summed E-state index contributed by atoms with van der Waals surface area (Å²) in [5.74, 6) is 2.10. The highest BCUT2D eigenvalue weighted by atomic mass is 16.5. The van der Waals surface area contributed by atoms with E-state index in [0.29, 0.717) is 5.92 Å². The van der Waals surface area contributed by atoms with Crippen LogP contribution < -0.4 is 10.2 Å². The van der Waals surface area contributed by atoms with E-state index in [1.54, 1.807) is 0 Å². The minimum Gasteiger partial charge on any atom is -0.337 e. The van der Waals surface area contributed by atoms with Crippen molar-refractivity contribution in [2.75, 3.05) is 51.2 Å². The number of aromatic nitrogens is 2. The maximum absolute atomic E-state index is 5.62. The molecule has 118 valence electrons. The molecule has 1 aromatic heterocycles. The second-order valence-electron chi connectivity index (χ2n) is 6.95. The predicted molar refractivity (Wildman–Crippen MR) is 82.6 cm³/mol. The zero-order valence-electron chi connectivity index (χ0n) is 13.4. The van der Waals surface area contributed by atoms with Crippen molar-refractivity contribution in [2.45, 2.75) is 32.1 Å². The second-order valence-corrected chi connectivity index (χ2v) is 6.95. The van der Waals surface area contributed by atoms with Crippen molar-refractivity contribution in [1.29, 1.82) is 0 Å². The highest BCUT2D eigenvalue weighted by Gasteiger charge is 2.37. The lowest BCUT2D eigenvalue weighted by Gasteiger charge is -2.34. The number of nitrogens with zero attached hydrogens (tertiary/aromatic N) is 4. The number of hydrogen-bond donors (Lipinski definition) is 1. The Morgan fingerprint density at radius 1 is 1.24 bits per heavy atom. The van der Waals surface area contributed by atoms with E-state index in [0.717, 1.165) is 51.1 Å². The topological polar surface area (TPSA) is 57.4 Å². The molecule has 0 radical (unpaired) electrons. The van der Waals surface area contributed by atoms with E-state index in [2.05, 4.69) is 41.2 Å². The molecule has 2 aliphatic rings. The van der Waals surface area contributed by atoms with E-state index in [1.807, 2.05) is 0 Å². The van der Waals surface area contributed by atoms with Crippen molar-refractivity contribution in [1.82, 2.24) is 20.4 Å². The van der Waals surface area contributed by atoms with E-state index in [4.69, 9.17) is 9.51 Å². The van der Waals surface area contributed by atoms with Crippen LogP contribution in [0.3, 0.4) is 0 Å². The number of piperidine rings is 1. The van der Waals surface area contributed by atoms with Gasteiger partial charge in [-0.1, -0.05) is 13.8 Å². The molecule has 1 aromatic rings. The fourth-order valence-corrected chi connectivity index (χ4v) is 3.25. The fraction of sp³-hybridized carbons (Fsp3) is 0.867. The highest BCUT2D eigenvalue weighted by Crippen LogP contribution is 2.35. The van der Waals surface area contributed by atoms with E-state index < -0.39 is 0 Å². The Morgan fingerprint density at radius 3 is 2.67 bits per heavy atom. The number of rotatable bonds is 3. The molecule has 21 heavy (non-hydrogen) atoms. The summed E-state index contributed by atoms with van der Waals surface area (Å²) >= 11 is 0. The Labute approximate surface area is 126 Å². The van der Waals surface area contributed by atoms with Gasteiger partial charge in [0.25, 0.3) is 5.95 Å². The van der Waals surface area contributed by atoms with Crippen LogP contribution in [-0.4, -0.2) is 61.4 Å². The van der Waals surface area contributed by atoms with Crippen LogP contribution in [0, 0.1) is 5.92 Å². The quantitative estimate of drug-likeness (QED) is 0.900. The van der Waals surface area contributed by atoms with Crippen LogP contribution in [0.2, 0.25) is 0 Å². The molecule has 6 nitrogen and oxygen atoms in total. The first-order valence-electron chi connectivity index (χ1n) is 8.06.